The van der Waals surface area contributed by atoms with Crippen molar-refractivity contribution in [3.8, 4) is 0 Å². The van der Waals surface area contributed by atoms with Gasteiger partial charge in [0.25, 0.3) is 0 Å². The van der Waals surface area contributed by atoms with Crippen molar-refractivity contribution in [1.29, 1.82) is 0 Å². The van der Waals surface area contributed by atoms with Gasteiger partial charge in [-0.15, -0.1) is 0 Å². The first-order valence-corrected chi connectivity index (χ1v) is 36.6. The Morgan fingerprint density at radius 1 is 0.325 bits per heavy atom. The van der Waals surface area contributed by atoms with Gasteiger partial charge >= 0.3 is 39.5 Å². The number of carbonyl (C=O) groups excluding carboxylic acids is 4. The fourth-order valence-electron chi connectivity index (χ4n) is 9.58. The van der Waals surface area contributed by atoms with Gasteiger partial charge in [0.05, 0.1) is 26.4 Å². The molecule has 19 heteroatoms. The average Bonchev–Trinajstić information content (AvgIpc) is 3.45. The molecule has 0 spiro atoms. The maximum atomic E-state index is 13.0. The topological polar surface area (TPSA) is 237 Å². The summed E-state index contributed by atoms with van der Waals surface area (Å²) in [6.07, 6.45) is 42.1. The van der Waals surface area contributed by atoms with Gasteiger partial charge < -0.3 is 33.8 Å². The van der Waals surface area contributed by atoms with Gasteiger partial charge in [0.2, 0.25) is 0 Å². The van der Waals surface area contributed by atoms with Crippen molar-refractivity contribution in [2.45, 2.75) is 342 Å². The van der Waals surface area contributed by atoms with Crippen LogP contribution < -0.4 is 0 Å². The molecule has 0 rings (SSSR count). The summed E-state index contributed by atoms with van der Waals surface area (Å²) in [6, 6.07) is 0. The summed E-state index contributed by atoms with van der Waals surface area (Å²) in [4.78, 5) is 72.0. The largest absolute Gasteiger partial charge is 0.472 e. The number of ether oxygens (including phenoxy) is 4. The number of esters is 4. The van der Waals surface area contributed by atoms with Crippen LogP contribution >= 0.6 is 15.6 Å². The fraction of sp³-hybridized carbons (Fsp3) is 0.938. The third-order valence-corrected chi connectivity index (χ3v) is 16.7. The van der Waals surface area contributed by atoms with Crippen LogP contribution in [-0.4, -0.2) is 96.7 Å². The monoisotopic (exact) mass is 1230 g/mol. The molecule has 3 N–H and O–H groups in total. The summed E-state index contributed by atoms with van der Waals surface area (Å²) in [7, 11) is -9.88. The Kier molecular flexibility index (Phi) is 56.4. The highest BCUT2D eigenvalue weighted by Gasteiger charge is 2.30. The number of rotatable bonds is 64. The van der Waals surface area contributed by atoms with Gasteiger partial charge in [-0.1, -0.05) is 272 Å². The lowest BCUT2D eigenvalue weighted by Crippen LogP contribution is -2.30. The Hall–Kier alpha value is -1.94. The van der Waals surface area contributed by atoms with E-state index in [1.807, 2.05) is 0 Å². The number of carbonyl (C=O) groups is 4. The van der Waals surface area contributed by atoms with E-state index < -0.39 is 97.5 Å². The summed E-state index contributed by atoms with van der Waals surface area (Å²) in [5, 5.41) is 10.5. The van der Waals surface area contributed by atoms with E-state index in [-0.39, 0.29) is 25.7 Å². The fourth-order valence-corrected chi connectivity index (χ4v) is 11.2. The third-order valence-electron chi connectivity index (χ3n) is 14.8. The predicted molar refractivity (Wildman–Crippen MR) is 331 cm³/mol. The molecule has 0 bridgehead atoms. The van der Waals surface area contributed by atoms with Crippen LogP contribution in [0.4, 0.5) is 0 Å². The zero-order valence-corrected chi connectivity index (χ0v) is 55.1. The van der Waals surface area contributed by atoms with Crippen LogP contribution in [0.5, 0.6) is 0 Å². The minimum atomic E-state index is -4.94. The molecule has 0 aliphatic heterocycles. The van der Waals surface area contributed by atoms with Crippen molar-refractivity contribution in [2.24, 2.45) is 5.92 Å². The molecule has 83 heavy (non-hydrogen) atoms. The highest BCUT2D eigenvalue weighted by molar-refractivity contribution is 7.47. The second kappa shape index (κ2) is 57.8. The van der Waals surface area contributed by atoms with E-state index in [0.717, 1.165) is 109 Å². The maximum absolute atomic E-state index is 13.0. The molecule has 0 fully saturated rings. The molecule has 492 valence electrons. The molecule has 2 unspecified atom stereocenters. The summed E-state index contributed by atoms with van der Waals surface area (Å²) >= 11 is 0. The molecule has 0 aliphatic rings. The number of phosphoric ester groups is 2. The first-order chi connectivity index (χ1) is 40.0. The molecule has 0 saturated heterocycles. The van der Waals surface area contributed by atoms with Crippen LogP contribution in [0, 0.1) is 5.92 Å². The van der Waals surface area contributed by atoms with E-state index in [1.54, 1.807) is 0 Å². The zero-order chi connectivity index (χ0) is 61.3. The lowest BCUT2D eigenvalue weighted by atomic mass is 10.0. The Balaban J connectivity index is 5.14. The molecule has 0 aromatic rings. The summed E-state index contributed by atoms with van der Waals surface area (Å²) in [5.41, 5.74) is 0. The van der Waals surface area contributed by atoms with Crippen molar-refractivity contribution in [2.75, 3.05) is 39.6 Å². The summed E-state index contributed by atoms with van der Waals surface area (Å²) in [6.45, 7) is 7.06. The standard InChI is InChI=1S/C64H124O17P2/c1-6-9-12-15-18-20-21-22-23-24-25-26-27-28-30-33-40-45-50-64(69)81-60(54-75-62(67)48-43-38-35-34-36-41-46-57(4)5)56-79-83(72,73)77-52-58(65)51-76-82(70,71)78-55-59(53-74-61(66)47-42-37-31-17-14-11-8-3)80-63(68)49-44-39-32-29-19-16-13-10-7-2/h57-60,65H,6-56H2,1-5H3,(H,70,71)(H,72,73)/t58-,59+,60+/m0/s1. The molecule has 0 aromatic heterocycles. The minimum absolute atomic E-state index is 0.105. The van der Waals surface area contributed by atoms with E-state index in [9.17, 15) is 43.2 Å². The number of aliphatic hydroxyl groups excluding tert-OH is 1. The third kappa shape index (κ3) is 58.8. The average molecular weight is 1230 g/mol. The van der Waals surface area contributed by atoms with Gasteiger partial charge in [-0.3, -0.25) is 37.3 Å². The van der Waals surface area contributed by atoms with Crippen LogP contribution in [0.25, 0.3) is 0 Å². The van der Waals surface area contributed by atoms with Gasteiger partial charge in [0.15, 0.2) is 12.2 Å². The second-order valence-corrected chi connectivity index (χ2v) is 26.5. The number of hydrogen-bond acceptors (Lipinski definition) is 15. The highest BCUT2D eigenvalue weighted by atomic mass is 31.2. The quantitative estimate of drug-likeness (QED) is 0.0222. The van der Waals surface area contributed by atoms with Gasteiger partial charge in [-0.2, -0.15) is 0 Å². The Morgan fingerprint density at radius 2 is 0.554 bits per heavy atom. The van der Waals surface area contributed by atoms with Crippen LogP contribution in [-0.2, 0) is 65.4 Å². The van der Waals surface area contributed by atoms with Crippen LogP contribution in [0.15, 0.2) is 0 Å². The summed E-state index contributed by atoms with van der Waals surface area (Å²) < 4.78 is 67.8. The molecule has 0 heterocycles. The molecule has 0 aromatic carbocycles. The smallest absolute Gasteiger partial charge is 0.462 e. The summed E-state index contributed by atoms with van der Waals surface area (Å²) in [5.74, 6) is -1.46. The van der Waals surface area contributed by atoms with Crippen LogP contribution in [0.1, 0.15) is 324 Å². The normalized spacial score (nSPS) is 14.2. The molecule has 17 nitrogen and oxygen atoms in total. The van der Waals surface area contributed by atoms with E-state index in [2.05, 4.69) is 34.6 Å². The van der Waals surface area contributed by atoms with E-state index in [0.29, 0.717) is 31.6 Å². The molecule has 0 radical (unpaired) electrons. The molecular weight excluding hydrogens is 1100 g/mol. The lowest BCUT2D eigenvalue weighted by molar-refractivity contribution is -0.161. The second-order valence-electron chi connectivity index (χ2n) is 23.6. The predicted octanol–water partition coefficient (Wildman–Crippen LogP) is 17.8. The highest BCUT2D eigenvalue weighted by Crippen LogP contribution is 2.45. The SMILES string of the molecule is CCCCCCCCCCCCCCCCCCCCC(=O)O[C@H](COC(=O)CCCCCCCCC(C)C)COP(=O)(O)OC[C@@H](O)COP(=O)(O)OC[C@@H](COC(=O)CCCCCCCCC)OC(=O)CCCCCCCCCCC. The molecular formula is C64H124O17P2. The van der Waals surface area contributed by atoms with Crippen molar-refractivity contribution >= 4 is 39.5 Å². The number of hydrogen-bond donors (Lipinski definition) is 3. The molecule has 0 amide bonds. The van der Waals surface area contributed by atoms with Gasteiger partial charge in [0.1, 0.15) is 19.3 Å². The first-order valence-electron chi connectivity index (χ1n) is 33.6. The zero-order valence-electron chi connectivity index (χ0n) is 53.3. The van der Waals surface area contributed by atoms with Crippen molar-refractivity contribution < 1.29 is 80.2 Å². The first kappa shape index (κ1) is 81.1. The van der Waals surface area contributed by atoms with Crippen LogP contribution in [0.2, 0.25) is 0 Å². The van der Waals surface area contributed by atoms with E-state index >= 15 is 0 Å². The minimum Gasteiger partial charge on any atom is -0.462 e. The van der Waals surface area contributed by atoms with Gasteiger partial charge in [-0.05, 0) is 31.6 Å². The number of phosphoric acid groups is 2. The van der Waals surface area contributed by atoms with Crippen molar-refractivity contribution in [3.63, 3.8) is 0 Å². The van der Waals surface area contributed by atoms with Gasteiger partial charge in [-0.25, -0.2) is 9.13 Å². The Bertz CT molecular complexity index is 1620. The lowest BCUT2D eigenvalue weighted by Gasteiger charge is -2.21. The van der Waals surface area contributed by atoms with Crippen LogP contribution in [0.3, 0.4) is 0 Å². The van der Waals surface area contributed by atoms with E-state index in [1.165, 1.54) is 128 Å². The van der Waals surface area contributed by atoms with Crippen molar-refractivity contribution in [1.82, 2.24) is 0 Å². The molecule has 5 atom stereocenters. The molecule has 0 aliphatic carbocycles. The van der Waals surface area contributed by atoms with E-state index in [4.69, 9.17) is 37.0 Å². The molecule has 0 saturated carbocycles. The Morgan fingerprint density at radius 3 is 0.819 bits per heavy atom. The Labute approximate surface area is 505 Å². The number of aliphatic hydroxyl groups is 1. The van der Waals surface area contributed by atoms with Gasteiger partial charge in [0, 0.05) is 25.7 Å². The maximum Gasteiger partial charge on any atom is 0.472 e. The van der Waals surface area contributed by atoms with Crippen molar-refractivity contribution in [3.05, 3.63) is 0 Å². The number of unbranched alkanes of at least 4 members (excludes halogenated alkanes) is 36.